The second-order valence-corrected chi connectivity index (χ2v) is 8.88. The molecule has 0 unspecified atom stereocenters. The van der Waals surface area contributed by atoms with Crippen LogP contribution in [0.5, 0.6) is 11.5 Å². The first-order valence-corrected chi connectivity index (χ1v) is 10.0. The van der Waals surface area contributed by atoms with Crippen LogP contribution >= 0.6 is 35.1 Å². The van der Waals surface area contributed by atoms with Crippen molar-refractivity contribution in [2.24, 2.45) is 0 Å². The fourth-order valence-corrected chi connectivity index (χ4v) is 4.94. The number of nitrogens with zero attached hydrogens (tertiary/aromatic N) is 1. The maximum absolute atomic E-state index is 13.1. The zero-order valence-corrected chi connectivity index (χ0v) is 17.2. The molecule has 1 aromatic rings. The van der Waals surface area contributed by atoms with Gasteiger partial charge in [0.15, 0.2) is 15.6 Å². The second kappa shape index (κ2) is 7.47. The number of amides is 2. The number of hydroxylamine groups is 2. The third kappa shape index (κ3) is 3.21. The van der Waals surface area contributed by atoms with Crippen molar-refractivity contribution >= 4 is 57.2 Å². The number of hydrogen-bond acceptors (Lipinski definition) is 9. The van der Waals surface area contributed by atoms with Gasteiger partial charge in [0.1, 0.15) is 16.7 Å². The summed E-state index contributed by atoms with van der Waals surface area (Å²) in [5, 5.41) is 10.1. The zero-order valence-electron chi connectivity index (χ0n) is 14.8. The second-order valence-electron chi connectivity index (χ2n) is 5.91. The van der Waals surface area contributed by atoms with Gasteiger partial charge in [-0.05, 0) is 6.07 Å². The minimum atomic E-state index is -2.06. The van der Waals surface area contributed by atoms with Crippen LogP contribution in [0.3, 0.4) is 0 Å². The molecular formula is C16H15ClN2O7S2. The summed E-state index contributed by atoms with van der Waals surface area (Å²) in [5.74, 6) is -1.73. The fourth-order valence-electron chi connectivity index (χ4n) is 3.02. The van der Waals surface area contributed by atoms with Gasteiger partial charge in [-0.3, -0.25) is 24.0 Å². The Kier molecular flexibility index (Phi) is 5.54. The molecule has 3 atom stereocenters. The van der Waals surface area contributed by atoms with Gasteiger partial charge >= 0.3 is 5.72 Å². The molecule has 1 fully saturated rings. The van der Waals surface area contributed by atoms with E-state index >= 15 is 0 Å². The number of halogens is 1. The third-order valence-corrected chi connectivity index (χ3v) is 6.38. The smallest absolute Gasteiger partial charge is 0.303 e. The number of ether oxygens (including phenoxy) is 1. The Balaban J connectivity index is 2.14. The molecule has 2 N–H and O–H groups in total. The predicted octanol–water partition coefficient (Wildman–Crippen LogP) is 1.58. The van der Waals surface area contributed by atoms with E-state index in [-0.39, 0.29) is 26.8 Å². The molecule has 0 bridgehead atoms. The van der Waals surface area contributed by atoms with Gasteiger partial charge in [-0.15, -0.1) is 0 Å². The molecule has 2 aliphatic heterocycles. The van der Waals surface area contributed by atoms with Crippen molar-refractivity contribution in [2.75, 3.05) is 7.11 Å². The van der Waals surface area contributed by atoms with Gasteiger partial charge in [0, 0.05) is 25.5 Å². The number of aromatic hydroxyl groups is 1. The van der Waals surface area contributed by atoms with Crippen molar-refractivity contribution in [2.45, 2.75) is 30.2 Å². The average molecular weight is 447 g/mol. The summed E-state index contributed by atoms with van der Waals surface area (Å²) in [6, 6.07) is 2.56. The molecule has 0 saturated carbocycles. The average Bonchev–Trinajstić information content (AvgIpc) is 2.87. The topological polar surface area (TPSA) is 122 Å². The van der Waals surface area contributed by atoms with Gasteiger partial charge in [0.25, 0.3) is 11.8 Å². The van der Waals surface area contributed by atoms with E-state index in [0.717, 1.165) is 16.8 Å². The Morgan fingerprint density at radius 2 is 1.93 bits per heavy atom. The maximum Gasteiger partial charge on any atom is 0.303 e. The highest BCUT2D eigenvalue weighted by Gasteiger charge is 2.65. The van der Waals surface area contributed by atoms with Gasteiger partial charge in [-0.25, -0.2) is 0 Å². The Hall–Kier alpha value is -1.95. The molecule has 0 radical (unpaired) electrons. The summed E-state index contributed by atoms with van der Waals surface area (Å²) in [5.41, 5.74) is -1.72. The van der Waals surface area contributed by atoms with Crippen LogP contribution < -0.4 is 10.1 Å². The molecule has 2 amide bonds. The third-order valence-electron chi connectivity index (χ3n) is 4.05. The van der Waals surface area contributed by atoms with Crippen LogP contribution in [-0.2, 0) is 24.0 Å². The van der Waals surface area contributed by atoms with Gasteiger partial charge in [-0.1, -0.05) is 35.1 Å². The number of benzene rings is 1. The molecule has 12 heteroatoms. The quantitative estimate of drug-likeness (QED) is 0.712. The van der Waals surface area contributed by atoms with Crippen LogP contribution in [0.4, 0.5) is 0 Å². The van der Waals surface area contributed by atoms with E-state index < -0.39 is 28.2 Å². The van der Waals surface area contributed by atoms with Crippen molar-refractivity contribution in [3.63, 3.8) is 0 Å². The highest BCUT2D eigenvalue weighted by Crippen LogP contribution is 2.55. The molecule has 9 nitrogen and oxygen atoms in total. The van der Waals surface area contributed by atoms with E-state index in [1.165, 1.54) is 33.1 Å². The molecule has 1 spiro atoms. The van der Waals surface area contributed by atoms with Crippen molar-refractivity contribution in [1.29, 1.82) is 0 Å². The number of hydrogen-bond donors (Lipinski definition) is 2. The lowest BCUT2D eigenvalue weighted by atomic mass is 10.0. The predicted molar refractivity (Wildman–Crippen MR) is 102 cm³/mol. The zero-order chi connectivity index (χ0) is 20.8. The van der Waals surface area contributed by atoms with Crippen molar-refractivity contribution in [1.82, 2.24) is 10.4 Å². The fraction of sp³-hybridized carbons (Fsp3) is 0.375. The SMILES string of the molecule is CON1C(=O)[C@H](SC(C)=O)NC(=O)[C@@]12Oc1cc(O)c(Cl)cc1[C@@H]2SC(C)=O. The molecule has 0 aromatic heterocycles. The van der Waals surface area contributed by atoms with Crippen LogP contribution in [0.2, 0.25) is 5.02 Å². The molecule has 3 rings (SSSR count). The summed E-state index contributed by atoms with van der Waals surface area (Å²) >= 11 is 7.36. The lowest BCUT2D eigenvalue weighted by molar-refractivity contribution is -0.252. The van der Waals surface area contributed by atoms with Crippen molar-refractivity contribution in [3.05, 3.63) is 22.7 Å². The van der Waals surface area contributed by atoms with Crippen LogP contribution in [-0.4, -0.2) is 50.4 Å². The van der Waals surface area contributed by atoms with E-state index in [0.29, 0.717) is 17.3 Å². The molecule has 1 saturated heterocycles. The van der Waals surface area contributed by atoms with Crippen LogP contribution in [0.15, 0.2) is 12.1 Å². The Labute approximate surface area is 173 Å². The molecule has 0 aliphatic carbocycles. The summed E-state index contributed by atoms with van der Waals surface area (Å²) in [6.45, 7) is 2.55. The number of phenols is 1. The van der Waals surface area contributed by atoms with Gasteiger partial charge in [0.05, 0.1) is 12.1 Å². The Morgan fingerprint density at radius 3 is 2.50 bits per heavy atom. The molecular weight excluding hydrogens is 432 g/mol. The summed E-state index contributed by atoms with van der Waals surface area (Å²) < 4.78 is 5.81. The van der Waals surface area contributed by atoms with E-state index in [2.05, 4.69) is 5.32 Å². The maximum atomic E-state index is 13.1. The Morgan fingerprint density at radius 1 is 1.29 bits per heavy atom. The standard InChI is InChI=1S/C16H15ClN2O7S2/c1-6(20)27-12-8-4-9(17)10(22)5-11(8)26-16(12)15(24)18-13(28-7(2)21)14(23)19(16)25-3/h4-5,12-13,22H,1-3H3,(H,18,24)/t12-,13-,16+/m0/s1. The van der Waals surface area contributed by atoms with Crippen LogP contribution in [0.1, 0.15) is 24.7 Å². The molecule has 150 valence electrons. The van der Waals surface area contributed by atoms with Crippen LogP contribution in [0, 0.1) is 0 Å². The Bertz CT molecular complexity index is 896. The molecule has 2 aliphatic rings. The van der Waals surface area contributed by atoms with Gasteiger partial charge in [-0.2, -0.15) is 5.06 Å². The van der Waals surface area contributed by atoms with Crippen molar-refractivity contribution in [3.8, 4) is 11.5 Å². The van der Waals surface area contributed by atoms with E-state index in [1.54, 1.807) is 0 Å². The number of thioether (sulfide) groups is 2. The number of phenolic OH excluding ortho intramolecular Hbond substituents is 1. The van der Waals surface area contributed by atoms with Gasteiger partial charge < -0.3 is 15.2 Å². The van der Waals surface area contributed by atoms with E-state index in [4.69, 9.17) is 21.2 Å². The largest absolute Gasteiger partial charge is 0.506 e. The lowest BCUT2D eigenvalue weighted by Crippen LogP contribution is -2.72. The van der Waals surface area contributed by atoms with Crippen molar-refractivity contribution < 1.29 is 33.9 Å². The molecule has 1 aromatic carbocycles. The first-order valence-electron chi connectivity index (χ1n) is 7.86. The number of carbonyl (C=O) groups excluding carboxylic acids is 4. The first kappa shape index (κ1) is 20.8. The number of rotatable bonds is 3. The summed E-state index contributed by atoms with van der Waals surface area (Å²) in [6.07, 6.45) is 0. The monoisotopic (exact) mass is 446 g/mol. The number of nitrogens with one attached hydrogen (secondary N) is 1. The summed E-state index contributed by atoms with van der Waals surface area (Å²) in [4.78, 5) is 54.5. The number of carbonyl (C=O) groups is 4. The summed E-state index contributed by atoms with van der Waals surface area (Å²) in [7, 11) is 1.17. The van der Waals surface area contributed by atoms with Gasteiger partial charge in [0.2, 0.25) is 0 Å². The molecule has 28 heavy (non-hydrogen) atoms. The normalized spacial score (nSPS) is 26.1. The van der Waals surface area contributed by atoms with Crippen LogP contribution in [0.25, 0.3) is 0 Å². The van der Waals surface area contributed by atoms with E-state index in [9.17, 15) is 24.3 Å². The minimum absolute atomic E-state index is 0.00919. The lowest BCUT2D eigenvalue weighted by Gasteiger charge is -2.44. The highest BCUT2D eigenvalue weighted by molar-refractivity contribution is 8.14. The minimum Gasteiger partial charge on any atom is -0.506 e. The number of fused-ring (bicyclic) bond motifs is 1. The first-order chi connectivity index (χ1) is 13.1. The van der Waals surface area contributed by atoms with E-state index in [1.807, 2.05) is 0 Å². The molecule has 2 heterocycles. The number of piperazine rings is 1. The highest BCUT2D eigenvalue weighted by atomic mass is 35.5.